The number of aromatic nitrogens is 5. The zero-order chi connectivity index (χ0) is 22.4. The van der Waals surface area contributed by atoms with Gasteiger partial charge in [-0.25, -0.2) is 4.98 Å². The molecule has 0 spiro atoms. The lowest BCUT2D eigenvalue weighted by molar-refractivity contribution is 0.297. The van der Waals surface area contributed by atoms with E-state index >= 15 is 0 Å². The lowest BCUT2D eigenvalue weighted by Gasteiger charge is -2.09. The minimum atomic E-state index is -0.294. The van der Waals surface area contributed by atoms with Gasteiger partial charge in [0.15, 0.2) is 17.3 Å². The first-order chi connectivity index (χ1) is 16.2. The Morgan fingerprint density at radius 3 is 2.76 bits per heavy atom. The Morgan fingerprint density at radius 2 is 1.88 bits per heavy atom. The summed E-state index contributed by atoms with van der Waals surface area (Å²) in [6.07, 6.45) is 3.95. The van der Waals surface area contributed by atoms with Gasteiger partial charge in [0.05, 0.1) is 35.4 Å². The molecule has 0 saturated heterocycles. The molecule has 6 rings (SSSR count). The first-order valence-corrected chi connectivity index (χ1v) is 10.4. The molecule has 9 nitrogen and oxygen atoms in total. The van der Waals surface area contributed by atoms with Crippen LogP contribution in [0.2, 0.25) is 0 Å². The van der Waals surface area contributed by atoms with Crippen molar-refractivity contribution in [3.8, 4) is 34.6 Å². The fraction of sp³-hybridized carbons (Fsp3) is 0.125. The van der Waals surface area contributed by atoms with Crippen molar-refractivity contribution in [2.24, 2.45) is 0 Å². The van der Waals surface area contributed by atoms with Crippen LogP contribution in [0.25, 0.3) is 33.8 Å². The van der Waals surface area contributed by atoms with E-state index in [1.807, 2.05) is 18.2 Å². The first-order valence-electron chi connectivity index (χ1n) is 10.4. The van der Waals surface area contributed by atoms with Crippen LogP contribution in [0.15, 0.2) is 65.7 Å². The molecule has 0 N–H and O–H groups in total. The van der Waals surface area contributed by atoms with E-state index in [4.69, 9.17) is 9.47 Å². The fourth-order valence-electron chi connectivity index (χ4n) is 3.91. The number of para-hydroxylation sites is 1. The van der Waals surface area contributed by atoms with E-state index in [0.717, 1.165) is 12.0 Å². The highest BCUT2D eigenvalue weighted by Crippen LogP contribution is 2.33. The molecule has 0 atom stereocenters. The van der Waals surface area contributed by atoms with Crippen molar-refractivity contribution in [1.29, 1.82) is 5.26 Å². The van der Waals surface area contributed by atoms with Crippen molar-refractivity contribution in [2.75, 3.05) is 13.2 Å². The monoisotopic (exact) mass is 436 g/mol. The Hall–Kier alpha value is -4.71. The highest BCUT2D eigenvalue weighted by molar-refractivity contribution is 5.79. The molecule has 160 valence electrons. The molecule has 0 fully saturated rings. The summed E-state index contributed by atoms with van der Waals surface area (Å²) < 4.78 is 14.5. The number of benzene rings is 2. The molecule has 33 heavy (non-hydrogen) atoms. The van der Waals surface area contributed by atoms with Crippen molar-refractivity contribution in [2.45, 2.75) is 6.42 Å². The molecule has 0 amide bonds. The molecule has 4 heterocycles. The molecule has 5 aromatic rings. The smallest absolute Gasteiger partial charge is 0.266 e. The van der Waals surface area contributed by atoms with Gasteiger partial charge in [0, 0.05) is 24.4 Å². The maximum Gasteiger partial charge on any atom is 0.266 e. The van der Waals surface area contributed by atoms with Gasteiger partial charge in [-0.2, -0.15) is 14.8 Å². The second-order valence-corrected chi connectivity index (χ2v) is 7.54. The van der Waals surface area contributed by atoms with Crippen molar-refractivity contribution < 1.29 is 9.47 Å². The molecule has 0 unspecified atom stereocenters. The summed E-state index contributed by atoms with van der Waals surface area (Å²) in [6.45, 7) is 1.20. The van der Waals surface area contributed by atoms with E-state index in [-0.39, 0.29) is 5.56 Å². The van der Waals surface area contributed by atoms with Gasteiger partial charge < -0.3 is 9.47 Å². The summed E-state index contributed by atoms with van der Waals surface area (Å²) in [5.41, 5.74) is 1.96. The number of nitriles is 1. The molecule has 0 saturated carbocycles. The largest absolute Gasteiger partial charge is 0.490 e. The maximum atomic E-state index is 13.2. The van der Waals surface area contributed by atoms with Gasteiger partial charge in [-0.15, -0.1) is 5.10 Å². The number of nitrogens with zero attached hydrogens (tertiary/aromatic N) is 6. The van der Waals surface area contributed by atoms with E-state index in [1.54, 1.807) is 41.0 Å². The molecule has 0 bridgehead atoms. The van der Waals surface area contributed by atoms with E-state index in [1.165, 1.54) is 10.8 Å². The third kappa shape index (κ3) is 3.08. The quantitative estimate of drug-likeness (QED) is 0.418. The van der Waals surface area contributed by atoms with Crippen LogP contribution in [0.1, 0.15) is 12.0 Å². The third-order valence-electron chi connectivity index (χ3n) is 5.52. The average Bonchev–Trinajstić information content (AvgIpc) is 3.16. The van der Waals surface area contributed by atoms with Gasteiger partial charge in [0.2, 0.25) is 0 Å². The van der Waals surface area contributed by atoms with Crippen LogP contribution in [-0.4, -0.2) is 37.4 Å². The molecular formula is C24H16N6O3. The van der Waals surface area contributed by atoms with E-state index in [0.29, 0.717) is 58.5 Å². The standard InChI is InChI=1S/C24H16N6O3/c25-13-16-4-1-2-5-18(16)29-9-8-19-17(23(29)31)14-26-24-27-22(28-30(19)24)15-6-7-20-21(12-15)33-11-3-10-32-20/h1-2,4-9,12,14H,3,10-11H2. The Bertz CT molecular complexity index is 1650. The van der Waals surface area contributed by atoms with E-state index in [2.05, 4.69) is 21.1 Å². The molecular weight excluding hydrogens is 420 g/mol. The highest BCUT2D eigenvalue weighted by Gasteiger charge is 2.17. The number of rotatable bonds is 2. The van der Waals surface area contributed by atoms with Gasteiger partial charge in [-0.3, -0.25) is 9.36 Å². The Labute approximate surface area is 187 Å². The topological polar surface area (TPSA) is 107 Å². The van der Waals surface area contributed by atoms with Gasteiger partial charge >= 0.3 is 0 Å². The van der Waals surface area contributed by atoms with Crippen LogP contribution < -0.4 is 15.0 Å². The fourth-order valence-corrected chi connectivity index (χ4v) is 3.91. The lowest BCUT2D eigenvalue weighted by atomic mass is 10.2. The van der Waals surface area contributed by atoms with Crippen LogP contribution in [0.3, 0.4) is 0 Å². The number of fused-ring (bicyclic) bond motifs is 4. The maximum absolute atomic E-state index is 13.2. The molecule has 0 aliphatic carbocycles. The van der Waals surface area contributed by atoms with Gasteiger partial charge in [0.25, 0.3) is 11.3 Å². The van der Waals surface area contributed by atoms with E-state index in [9.17, 15) is 10.1 Å². The summed E-state index contributed by atoms with van der Waals surface area (Å²) in [7, 11) is 0. The minimum Gasteiger partial charge on any atom is -0.490 e. The zero-order valence-electron chi connectivity index (χ0n) is 17.3. The molecule has 2 aromatic carbocycles. The predicted molar refractivity (Wildman–Crippen MR) is 120 cm³/mol. The molecule has 3 aromatic heterocycles. The molecule has 1 aliphatic heterocycles. The second kappa shape index (κ2) is 7.46. The SMILES string of the molecule is N#Cc1ccccc1-n1ccc2c(cnc3nc(-c4ccc5c(c4)OCCCO5)nn32)c1=O. The zero-order valence-corrected chi connectivity index (χ0v) is 17.3. The van der Waals surface area contributed by atoms with Crippen molar-refractivity contribution in [1.82, 2.24) is 24.1 Å². The van der Waals surface area contributed by atoms with Crippen LogP contribution in [0.4, 0.5) is 0 Å². The van der Waals surface area contributed by atoms with Gasteiger partial charge in [-0.1, -0.05) is 12.1 Å². The molecule has 1 aliphatic rings. The average molecular weight is 436 g/mol. The van der Waals surface area contributed by atoms with Crippen molar-refractivity contribution in [3.05, 3.63) is 76.8 Å². The van der Waals surface area contributed by atoms with Gasteiger partial charge in [-0.05, 0) is 36.4 Å². The summed E-state index contributed by atoms with van der Waals surface area (Å²) >= 11 is 0. The van der Waals surface area contributed by atoms with Crippen LogP contribution >= 0.6 is 0 Å². The summed E-state index contributed by atoms with van der Waals surface area (Å²) in [6, 6.07) is 16.4. The van der Waals surface area contributed by atoms with Gasteiger partial charge in [0.1, 0.15) is 6.07 Å². The minimum absolute atomic E-state index is 0.294. The molecule has 0 radical (unpaired) electrons. The number of ether oxygens (including phenoxy) is 2. The highest BCUT2D eigenvalue weighted by atomic mass is 16.5. The van der Waals surface area contributed by atoms with Crippen molar-refractivity contribution in [3.63, 3.8) is 0 Å². The molecule has 9 heteroatoms. The lowest BCUT2D eigenvalue weighted by Crippen LogP contribution is -2.19. The summed E-state index contributed by atoms with van der Waals surface area (Å²) in [4.78, 5) is 22.1. The Balaban J connectivity index is 1.49. The van der Waals surface area contributed by atoms with E-state index < -0.39 is 0 Å². The second-order valence-electron chi connectivity index (χ2n) is 7.54. The number of hydrogen-bond acceptors (Lipinski definition) is 7. The van der Waals surface area contributed by atoms with Crippen molar-refractivity contribution >= 4 is 16.7 Å². The normalized spacial score (nSPS) is 13.1. The van der Waals surface area contributed by atoms with Crippen LogP contribution in [-0.2, 0) is 0 Å². The van der Waals surface area contributed by atoms with Crippen LogP contribution in [0.5, 0.6) is 11.5 Å². The first kappa shape index (κ1) is 19.0. The Kier molecular flexibility index (Phi) is 4.30. The predicted octanol–water partition coefficient (Wildman–Crippen LogP) is 3.13. The Morgan fingerprint density at radius 1 is 1.03 bits per heavy atom. The number of pyridine rings is 1. The summed E-state index contributed by atoms with van der Waals surface area (Å²) in [5.74, 6) is 2.19. The van der Waals surface area contributed by atoms with Crippen LogP contribution in [0, 0.1) is 11.3 Å². The number of hydrogen-bond donors (Lipinski definition) is 0. The third-order valence-corrected chi connectivity index (χ3v) is 5.52. The summed E-state index contributed by atoms with van der Waals surface area (Å²) in [5, 5.41) is 14.4.